The molecule has 1 aliphatic carbocycles. The molecule has 0 aliphatic heterocycles. The summed E-state index contributed by atoms with van der Waals surface area (Å²) in [6, 6.07) is 0. The van der Waals surface area contributed by atoms with Gasteiger partial charge in [-0.3, -0.25) is 0 Å². The van der Waals surface area contributed by atoms with Gasteiger partial charge in [-0.25, -0.2) is 0 Å². The number of allylic oxidation sites excluding steroid dienone is 1. The Hall–Kier alpha value is -0.235. The van der Waals surface area contributed by atoms with E-state index in [1.165, 1.54) is 25.7 Å². The van der Waals surface area contributed by atoms with Gasteiger partial charge in [-0.1, -0.05) is 32.8 Å². The number of nitrogens with one attached hydrogen (secondary N) is 1. The molecule has 0 saturated heterocycles. The topological polar surface area (TPSA) is 12.0 Å². The molecule has 0 bridgehead atoms. The fourth-order valence-electron chi connectivity index (χ4n) is 1.19. The van der Waals surface area contributed by atoms with Gasteiger partial charge in [0.15, 0.2) is 0 Å². The summed E-state index contributed by atoms with van der Waals surface area (Å²) in [5, 5.41) is 2.88. The average molecular weight is 179 g/mol. The van der Waals surface area contributed by atoms with Crippen LogP contribution in [0.4, 0.5) is 0 Å². The zero-order valence-corrected chi connectivity index (χ0v) is 9.27. The van der Waals surface area contributed by atoms with Gasteiger partial charge in [-0.05, 0) is 31.2 Å². The van der Waals surface area contributed by atoms with E-state index in [2.05, 4.69) is 18.0 Å². The van der Waals surface area contributed by atoms with E-state index in [-0.39, 0.29) is 5.44 Å². The van der Waals surface area contributed by atoms with Crippen molar-refractivity contribution in [1.29, 1.82) is 0 Å². The summed E-state index contributed by atoms with van der Waals surface area (Å²) in [7, 11) is 7.26. The van der Waals surface area contributed by atoms with Crippen molar-refractivity contribution < 1.29 is 0 Å². The minimum absolute atomic E-state index is 0.208. The standard InChI is InChI=1S/C7H12.C4H10BN/c1-2-7-5-3-4-6-7;1-4(2,5)6-3/h2,7H,1,3-6H2;6H,1-3H3. The first kappa shape index (κ1) is 12.8. The molecule has 1 rings (SSSR count). The number of rotatable bonds is 2. The molecule has 13 heavy (non-hydrogen) atoms. The Balaban J connectivity index is 0.000000226. The second-order valence-electron chi connectivity index (χ2n) is 4.25. The van der Waals surface area contributed by atoms with Crippen molar-refractivity contribution in [3.63, 3.8) is 0 Å². The lowest BCUT2D eigenvalue weighted by molar-refractivity contribution is 0.595. The van der Waals surface area contributed by atoms with Gasteiger partial charge in [0.05, 0.1) is 7.85 Å². The van der Waals surface area contributed by atoms with Crippen molar-refractivity contribution in [2.45, 2.75) is 45.0 Å². The molecule has 1 aliphatic rings. The number of hydrogen-bond acceptors (Lipinski definition) is 1. The highest BCUT2D eigenvalue weighted by Crippen LogP contribution is 2.24. The number of hydrogen-bond donors (Lipinski definition) is 1. The monoisotopic (exact) mass is 179 g/mol. The summed E-state index contributed by atoms with van der Waals surface area (Å²) in [6.45, 7) is 7.56. The Morgan fingerprint density at radius 1 is 1.38 bits per heavy atom. The third kappa shape index (κ3) is 8.10. The van der Waals surface area contributed by atoms with Crippen LogP contribution in [0.5, 0.6) is 0 Å². The van der Waals surface area contributed by atoms with Gasteiger partial charge in [-0.15, -0.1) is 6.58 Å². The van der Waals surface area contributed by atoms with Crippen molar-refractivity contribution >= 4 is 7.85 Å². The van der Waals surface area contributed by atoms with E-state index in [0.29, 0.717) is 0 Å². The summed E-state index contributed by atoms with van der Waals surface area (Å²) in [6.07, 6.45) is 7.73. The molecule has 1 fully saturated rings. The predicted octanol–water partition coefficient (Wildman–Crippen LogP) is 2.47. The van der Waals surface area contributed by atoms with E-state index >= 15 is 0 Å². The van der Waals surface area contributed by atoms with E-state index in [0.717, 1.165) is 5.92 Å². The van der Waals surface area contributed by atoms with Crippen molar-refractivity contribution in [3.8, 4) is 0 Å². The molecular formula is C11H22BN. The van der Waals surface area contributed by atoms with Gasteiger partial charge in [-0.2, -0.15) is 0 Å². The maximum absolute atomic E-state index is 5.42. The molecule has 74 valence electrons. The Bertz CT molecular complexity index is 132. The van der Waals surface area contributed by atoms with E-state index in [9.17, 15) is 0 Å². The lowest BCUT2D eigenvalue weighted by Crippen LogP contribution is -2.36. The smallest absolute Gasteiger partial charge is 0.0945 e. The zero-order chi connectivity index (χ0) is 10.3. The molecule has 0 amide bonds. The van der Waals surface area contributed by atoms with E-state index in [1.807, 2.05) is 20.9 Å². The lowest BCUT2D eigenvalue weighted by Gasteiger charge is -2.15. The minimum Gasteiger partial charge on any atom is -0.323 e. The van der Waals surface area contributed by atoms with Crippen LogP contribution in [0.3, 0.4) is 0 Å². The van der Waals surface area contributed by atoms with Gasteiger partial charge < -0.3 is 5.32 Å². The Morgan fingerprint density at radius 3 is 1.92 bits per heavy atom. The van der Waals surface area contributed by atoms with Crippen LogP contribution in [0.1, 0.15) is 39.5 Å². The van der Waals surface area contributed by atoms with Gasteiger partial charge in [0, 0.05) is 0 Å². The molecular weight excluding hydrogens is 157 g/mol. The molecule has 1 saturated carbocycles. The van der Waals surface area contributed by atoms with Gasteiger partial charge in [0.25, 0.3) is 0 Å². The molecule has 2 heteroatoms. The quantitative estimate of drug-likeness (QED) is 0.507. The van der Waals surface area contributed by atoms with Crippen LogP contribution >= 0.6 is 0 Å². The summed E-state index contributed by atoms with van der Waals surface area (Å²) >= 11 is 0. The van der Waals surface area contributed by atoms with Gasteiger partial charge >= 0.3 is 0 Å². The molecule has 0 aromatic heterocycles. The van der Waals surface area contributed by atoms with Crippen LogP contribution in [-0.2, 0) is 0 Å². The first-order chi connectivity index (χ1) is 5.99. The second kappa shape index (κ2) is 6.25. The van der Waals surface area contributed by atoms with Crippen LogP contribution in [0.25, 0.3) is 0 Å². The Labute approximate surface area is 84.4 Å². The molecule has 0 aromatic rings. The van der Waals surface area contributed by atoms with Crippen LogP contribution in [0, 0.1) is 5.92 Å². The van der Waals surface area contributed by atoms with E-state index in [4.69, 9.17) is 7.85 Å². The summed E-state index contributed by atoms with van der Waals surface area (Å²) in [5.41, 5.74) is -0.208. The first-order valence-electron chi connectivity index (χ1n) is 5.10. The molecule has 2 radical (unpaired) electrons. The van der Waals surface area contributed by atoms with E-state index in [1.54, 1.807) is 0 Å². The van der Waals surface area contributed by atoms with Gasteiger partial charge in [0.1, 0.15) is 0 Å². The van der Waals surface area contributed by atoms with Crippen molar-refractivity contribution in [2.24, 2.45) is 5.92 Å². The molecule has 0 atom stereocenters. The highest BCUT2D eigenvalue weighted by molar-refractivity contribution is 6.14. The SMILES string of the molecule is C=CC1CCCC1.[B]C(C)(C)NC. The van der Waals surface area contributed by atoms with Crippen LogP contribution < -0.4 is 5.32 Å². The second-order valence-corrected chi connectivity index (χ2v) is 4.25. The van der Waals surface area contributed by atoms with Crippen LogP contribution in [0.15, 0.2) is 12.7 Å². The highest BCUT2D eigenvalue weighted by atomic mass is 14.9. The molecule has 0 heterocycles. The molecule has 0 unspecified atom stereocenters. The molecule has 0 aromatic carbocycles. The molecule has 1 nitrogen and oxygen atoms in total. The van der Waals surface area contributed by atoms with Crippen molar-refractivity contribution in [3.05, 3.63) is 12.7 Å². The summed E-state index contributed by atoms with van der Waals surface area (Å²) in [4.78, 5) is 0. The average Bonchev–Trinajstić information content (AvgIpc) is 2.56. The lowest BCUT2D eigenvalue weighted by atomic mass is 9.82. The molecule has 0 spiro atoms. The maximum atomic E-state index is 5.42. The maximum Gasteiger partial charge on any atom is 0.0945 e. The molecule has 1 N–H and O–H groups in total. The first-order valence-corrected chi connectivity index (χ1v) is 5.10. The van der Waals surface area contributed by atoms with Crippen LogP contribution in [0.2, 0.25) is 0 Å². The Morgan fingerprint density at radius 2 is 1.77 bits per heavy atom. The normalized spacial score (nSPS) is 17.8. The fraction of sp³-hybridized carbons (Fsp3) is 0.818. The largest absolute Gasteiger partial charge is 0.323 e. The predicted molar refractivity (Wildman–Crippen MR) is 61.0 cm³/mol. The van der Waals surface area contributed by atoms with E-state index < -0.39 is 0 Å². The minimum atomic E-state index is -0.208. The van der Waals surface area contributed by atoms with Gasteiger partial charge in [0.2, 0.25) is 0 Å². The summed E-state index contributed by atoms with van der Waals surface area (Å²) < 4.78 is 0. The van der Waals surface area contributed by atoms with Crippen LogP contribution in [-0.4, -0.2) is 20.3 Å². The van der Waals surface area contributed by atoms with Crippen molar-refractivity contribution in [2.75, 3.05) is 7.05 Å². The fourth-order valence-corrected chi connectivity index (χ4v) is 1.19. The zero-order valence-electron chi connectivity index (χ0n) is 9.27. The Kier molecular flexibility index (Phi) is 6.14. The highest BCUT2D eigenvalue weighted by Gasteiger charge is 2.09. The third-order valence-corrected chi connectivity index (χ3v) is 2.38. The van der Waals surface area contributed by atoms with Crippen molar-refractivity contribution in [1.82, 2.24) is 5.32 Å². The summed E-state index contributed by atoms with van der Waals surface area (Å²) in [5.74, 6) is 0.861. The third-order valence-electron chi connectivity index (χ3n) is 2.38.